The molecule has 256 valence electrons. The Labute approximate surface area is 278 Å². The zero-order chi connectivity index (χ0) is 33.9. The highest BCUT2D eigenvalue weighted by molar-refractivity contribution is 5.98. The molecule has 4 fully saturated rings. The van der Waals surface area contributed by atoms with Gasteiger partial charge in [-0.15, -0.1) is 13.2 Å². The lowest BCUT2D eigenvalue weighted by atomic mass is 9.70. The van der Waals surface area contributed by atoms with E-state index in [9.17, 15) is 24.3 Å². The predicted octanol–water partition coefficient (Wildman–Crippen LogP) is 4.19. The van der Waals surface area contributed by atoms with E-state index in [-0.39, 0.29) is 36.8 Å². The first-order chi connectivity index (χ1) is 22.6. The number of hydrogen-bond acceptors (Lipinski definition) is 7. The van der Waals surface area contributed by atoms with Crippen LogP contribution < -0.4 is 0 Å². The molecule has 47 heavy (non-hydrogen) atoms. The summed E-state index contributed by atoms with van der Waals surface area (Å²) < 4.78 is 12.9. The molecule has 0 radical (unpaired) electrons. The van der Waals surface area contributed by atoms with Gasteiger partial charge in [-0.1, -0.05) is 61.7 Å². The van der Waals surface area contributed by atoms with Gasteiger partial charge in [0.25, 0.3) is 0 Å². The molecule has 3 heterocycles. The molecule has 3 amide bonds. The molecular weight excluding hydrogens is 598 g/mol. The summed E-state index contributed by atoms with van der Waals surface area (Å²) in [6.45, 7) is 11.2. The molecule has 10 heteroatoms. The Bertz CT molecular complexity index is 1330. The molecule has 1 aliphatic carbocycles. The van der Waals surface area contributed by atoms with E-state index < -0.39 is 53.7 Å². The average Bonchev–Trinajstić information content (AvgIpc) is 3.75. The van der Waals surface area contributed by atoms with Crippen LogP contribution in [0.2, 0.25) is 0 Å². The lowest BCUT2D eigenvalue weighted by molar-refractivity contribution is -0.165. The second kappa shape index (κ2) is 14.7. The number of carbonyl (C=O) groups is 4. The number of likely N-dealkylation sites (tertiary alicyclic amines) is 1. The van der Waals surface area contributed by atoms with E-state index in [0.29, 0.717) is 25.8 Å². The summed E-state index contributed by atoms with van der Waals surface area (Å²) in [5, 5.41) is 10.3. The number of rotatable bonds is 14. The number of esters is 1. The molecule has 3 aliphatic heterocycles. The van der Waals surface area contributed by atoms with Crippen molar-refractivity contribution in [2.75, 3.05) is 20.2 Å². The summed E-state index contributed by atoms with van der Waals surface area (Å²) in [4.78, 5) is 61.3. The van der Waals surface area contributed by atoms with Crippen LogP contribution in [0.3, 0.4) is 0 Å². The quantitative estimate of drug-likeness (QED) is 0.237. The van der Waals surface area contributed by atoms with Crippen LogP contribution in [-0.4, -0.2) is 99.6 Å². The van der Waals surface area contributed by atoms with Crippen molar-refractivity contribution < 1.29 is 33.8 Å². The van der Waals surface area contributed by atoms with Crippen molar-refractivity contribution in [2.24, 2.45) is 11.8 Å². The van der Waals surface area contributed by atoms with E-state index in [0.717, 1.165) is 37.7 Å². The van der Waals surface area contributed by atoms with Crippen LogP contribution in [0.25, 0.3) is 0 Å². The van der Waals surface area contributed by atoms with Gasteiger partial charge in [-0.3, -0.25) is 19.2 Å². The first-order valence-electron chi connectivity index (χ1n) is 17.2. The number of likely N-dealkylation sites (N-methyl/N-ethyl adjacent to an activating group) is 1. The number of nitrogens with zero attached hydrogens (tertiary/aromatic N) is 3. The lowest BCUT2D eigenvalue weighted by Gasteiger charge is -2.41. The second-order valence-corrected chi connectivity index (χ2v) is 13.7. The Hall–Kier alpha value is -3.50. The highest BCUT2D eigenvalue weighted by Crippen LogP contribution is 2.59. The third kappa shape index (κ3) is 6.38. The molecule has 2 bridgehead atoms. The molecule has 3 saturated heterocycles. The van der Waals surface area contributed by atoms with E-state index in [1.54, 1.807) is 31.0 Å². The van der Waals surface area contributed by atoms with Crippen LogP contribution in [0.15, 0.2) is 55.6 Å². The smallest absolute Gasteiger partial charge is 0.313 e. The number of allylic oxidation sites excluding steroid dienone is 1. The van der Waals surface area contributed by atoms with Gasteiger partial charge in [-0.2, -0.15) is 0 Å². The largest absolute Gasteiger partial charge is 0.455 e. The molecular formula is C37H51N3O7. The Kier molecular flexibility index (Phi) is 10.9. The van der Waals surface area contributed by atoms with Crippen LogP contribution in [-0.2, 0) is 28.7 Å². The Balaban J connectivity index is 1.47. The SMILES string of the molecule is C=CCCC(=O)N(C)[C@@H](C)[C@@H](OC(=O)[C@@H]1[C@H]2C(=O)N([C@H](C)CO)[C@H](C(=O)N(CC=C)C3CCCCC3)[C@]23CC[C@H]1O3)c1ccccc1. The van der Waals surface area contributed by atoms with Crippen molar-refractivity contribution in [2.45, 2.75) is 114 Å². The number of fused-ring (bicyclic) bond motifs is 1. The van der Waals surface area contributed by atoms with Gasteiger partial charge in [-0.25, -0.2) is 0 Å². The highest BCUT2D eigenvalue weighted by Gasteiger charge is 2.75. The van der Waals surface area contributed by atoms with Crippen molar-refractivity contribution in [3.8, 4) is 0 Å². The normalized spacial score (nSPS) is 28.7. The summed E-state index contributed by atoms with van der Waals surface area (Å²) >= 11 is 0. The van der Waals surface area contributed by atoms with Crippen LogP contribution >= 0.6 is 0 Å². The standard InChI is InChI=1S/C37H51N3O7/c1-6-8-19-29(42)38(5)25(4)32(26-15-11-9-12-16-26)46-36(45)30-28-20-21-37(47-28)31(30)34(43)40(24(3)23-41)33(37)35(44)39(22-7-2)27-17-13-10-14-18-27/h6-7,9,11-12,15-16,24-25,27-28,30-33,41H,1-2,8,10,13-14,17-23H2,3-5H3/t24-,25+,28-,30+,31+,32-,33-,37+/m1/s1. The lowest BCUT2D eigenvalue weighted by Crippen LogP contribution is -2.60. The molecule has 0 aromatic heterocycles. The van der Waals surface area contributed by atoms with Crippen LogP contribution in [0.1, 0.15) is 83.3 Å². The summed E-state index contributed by atoms with van der Waals surface area (Å²) in [7, 11) is 1.70. The first-order valence-corrected chi connectivity index (χ1v) is 17.2. The topological polar surface area (TPSA) is 117 Å². The highest BCUT2D eigenvalue weighted by atomic mass is 16.6. The van der Waals surface area contributed by atoms with Gasteiger partial charge in [-0.05, 0) is 51.5 Å². The molecule has 1 aromatic rings. The Morgan fingerprint density at radius 3 is 2.45 bits per heavy atom. The molecule has 4 aliphatic rings. The zero-order valence-electron chi connectivity index (χ0n) is 28.1. The van der Waals surface area contributed by atoms with Gasteiger partial charge in [0.1, 0.15) is 17.7 Å². The first kappa shape index (κ1) is 34.8. The number of carbonyl (C=O) groups excluding carboxylic acids is 4. The number of amides is 3. The number of aliphatic hydroxyl groups is 1. The molecule has 1 saturated carbocycles. The molecule has 0 unspecified atom stereocenters. The van der Waals surface area contributed by atoms with Gasteiger partial charge in [0.2, 0.25) is 17.7 Å². The van der Waals surface area contributed by atoms with Crippen molar-refractivity contribution in [1.82, 2.24) is 14.7 Å². The molecule has 10 nitrogen and oxygen atoms in total. The van der Waals surface area contributed by atoms with Crippen molar-refractivity contribution in [3.05, 3.63) is 61.2 Å². The van der Waals surface area contributed by atoms with Crippen molar-refractivity contribution in [1.29, 1.82) is 0 Å². The third-order valence-corrected chi connectivity index (χ3v) is 11.0. The van der Waals surface area contributed by atoms with Crippen LogP contribution in [0.5, 0.6) is 0 Å². The van der Waals surface area contributed by atoms with Gasteiger partial charge in [0, 0.05) is 26.1 Å². The maximum Gasteiger partial charge on any atom is 0.313 e. The number of aliphatic hydroxyl groups excluding tert-OH is 1. The van der Waals surface area contributed by atoms with Crippen LogP contribution in [0.4, 0.5) is 0 Å². The molecule has 5 rings (SSSR count). The Morgan fingerprint density at radius 1 is 1.11 bits per heavy atom. The number of benzene rings is 1. The van der Waals surface area contributed by atoms with Crippen molar-refractivity contribution in [3.63, 3.8) is 0 Å². The third-order valence-electron chi connectivity index (χ3n) is 11.0. The minimum Gasteiger partial charge on any atom is -0.455 e. The monoisotopic (exact) mass is 649 g/mol. The maximum absolute atomic E-state index is 14.6. The zero-order valence-corrected chi connectivity index (χ0v) is 28.1. The van der Waals surface area contributed by atoms with E-state index in [1.807, 2.05) is 42.2 Å². The number of hydrogen-bond donors (Lipinski definition) is 1. The van der Waals surface area contributed by atoms with Crippen molar-refractivity contribution >= 4 is 23.7 Å². The Morgan fingerprint density at radius 2 is 1.81 bits per heavy atom. The van der Waals surface area contributed by atoms with E-state index >= 15 is 0 Å². The van der Waals surface area contributed by atoms with E-state index in [2.05, 4.69) is 13.2 Å². The van der Waals surface area contributed by atoms with E-state index in [1.165, 1.54) is 4.90 Å². The molecule has 8 atom stereocenters. The fourth-order valence-corrected chi connectivity index (χ4v) is 8.43. The average molecular weight is 650 g/mol. The fraction of sp³-hybridized carbons (Fsp3) is 0.622. The minimum absolute atomic E-state index is 0.0322. The van der Waals surface area contributed by atoms with Gasteiger partial charge in [0.05, 0.1) is 36.6 Å². The molecule has 1 aromatic carbocycles. The van der Waals surface area contributed by atoms with Gasteiger partial charge in [0.15, 0.2) is 0 Å². The second-order valence-electron chi connectivity index (χ2n) is 13.7. The van der Waals surface area contributed by atoms with Crippen LogP contribution in [0, 0.1) is 11.8 Å². The van der Waals surface area contributed by atoms with E-state index in [4.69, 9.17) is 9.47 Å². The van der Waals surface area contributed by atoms with Gasteiger partial charge >= 0.3 is 5.97 Å². The summed E-state index contributed by atoms with van der Waals surface area (Å²) in [6, 6.07) is 7.19. The van der Waals surface area contributed by atoms with Gasteiger partial charge < -0.3 is 29.3 Å². The predicted molar refractivity (Wildman–Crippen MR) is 177 cm³/mol. The summed E-state index contributed by atoms with van der Waals surface area (Å²) in [5.74, 6) is -3.10. The summed E-state index contributed by atoms with van der Waals surface area (Å²) in [6.07, 6.45) is 8.76. The molecule has 1 N–H and O–H groups in total. The molecule has 1 spiro atoms. The fourth-order valence-electron chi connectivity index (χ4n) is 8.43. The minimum atomic E-state index is -1.20. The number of ether oxygens (including phenoxy) is 2. The summed E-state index contributed by atoms with van der Waals surface area (Å²) in [5.41, 5.74) is -0.477. The maximum atomic E-state index is 14.6.